The Bertz CT molecular complexity index is 1330. The number of aliphatic hydroxyl groups excluding tert-OH is 1. The van der Waals surface area contributed by atoms with E-state index in [1.165, 1.54) is 0 Å². The van der Waals surface area contributed by atoms with E-state index in [1.54, 1.807) is 6.08 Å². The number of carboxylic acid groups (broad SMARTS) is 1. The Kier molecular flexibility index (Phi) is 5.64. The molecule has 0 bridgehead atoms. The van der Waals surface area contributed by atoms with Crippen molar-refractivity contribution in [1.82, 2.24) is 5.16 Å². The second kappa shape index (κ2) is 8.76. The summed E-state index contributed by atoms with van der Waals surface area (Å²) in [4.78, 5) is 11.6. The van der Waals surface area contributed by atoms with Gasteiger partial charge in [0.25, 0.3) is 0 Å². The average Bonchev–Trinajstić information content (AvgIpc) is 3.60. The third kappa shape index (κ3) is 4.06. The summed E-state index contributed by atoms with van der Waals surface area (Å²) in [6.07, 6.45) is 4.16. The summed E-state index contributed by atoms with van der Waals surface area (Å²) >= 11 is 0. The number of aliphatic hydroxyl groups is 1. The summed E-state index contributed by atoms with van der Waals surface area (Å²) in [6, 6.07) is 25.4. The Hall–Kier alpha value is -3.96. The molecule has 1 aromatic heterocycles. The van der Waals surface area contributed by atoms with Gasteiger partial charge in [-0.1, -0.05) is 96.2 Å². The van der Waals surface area contributed by atoms with Crippen molar-refractivity contribution >= 4 is 12.0 Å². The number of aliphatic carboxylic acids is 1. The molecule has 1 saturated carbocycles. The van der Waals surface area contributed by atoms with Gasteiger partial charge in [0.05, 0.1) is 16.7 Å². The number of hydrogen-bond acceptors (Lipinski definition) is 4. The lowest BCUT2D eigenvalue weighted by Crippen LogP contribution is -2.19. The molecule has 34 heavy (non-hydrogen) atoms. The van der Waals surface area contributed by atoms with Gasteiger partial charge in [-0.3, -0.25) is 4.79 Å². The first-order valence-corrected chi connectivity index (χ1v) is 11.3. The topological polar surface area (TPSA) is 83.6 Å². The molecule has 0 saturated heterocycles. The maximum atomic E-state index is 11.6. The number of rotatable bonds is 7. The van der Waals surface area contributed by atoms with E-state index in [-0.39, 0.29) is 0 Å². The molecule has 1 aliphatic rings. The lowest BCUT2D eigenvalue weighted by molar-refractivity contribution is -0.140. The van der Waals surface area contributed by atoms with Crippen LogP contribution in [0.5, 0.6) is 0 Å². The van der Waals surface area contributed by atoms with Crippen LogP contribution in [0.25, 0.3) is 28.5 Å². The third-order valence-corrected chi connectivity index (χ3v) is 6.55. The van der Waals surface area contributed by atoms with Crippen LogP contribution in [0, 0.1) is 6.92 Å². The number of hydrogen-bond donors (Lipinski definition) is 2. The molecule has 5 rings (SSSR count). The highest BCUT2D eigenvalue weighted by molar-refractivity contribution is 5.85. The fourth-order valence-electron chi connectivity index (χ4n) is 4.34. The SMILES string of the molecule is Cc1noc(-c2ccc(-c3ccc(C4(C(=O)O)CC4)cc3)cc2)c1C(O)C=Cc1ccccc1. The molecule has 0 radical (unpaired) electrons. The van der Waals surface area contributed by atoms with Gasteiger partial charge < -0.3 is 14.7 Å². The highest BCUT2D eigenvalue weighted by atomic mass is 16.5. The molecule has 5 nitrogen and oxygen atoms in total. The Morgan fingerprint density at radius 1 is 0.941 bits per heavy atom. The molecule has 1 atom stereocenters. The number of benzene rings is 3. The van der Waals surface area contributed by atoms with Crippen LogP contribution >= 0.6 is 0 Å². The van der Waals surface area contributed by atoms with Gasteiger partial charge in [0.1, 0.15) is 6.10 Å². The van der Waals surface area contributed by atoms with Gasteiger partial charge in [-0.2, -0.15) is 0 Å². The minimum Gasteiger partial charge on any atom is -0.481 e. The van der Waals surface area contributed by atoms with Crippen LogP contribution in [0.3, 0.4) is 0 Å². The van der Waals surface area contributed by atoms with Gasteiger partial charge in [-0.05, 0) is 42.0 Å². The molecular formula is C29H25NO4. The highest BCUT2D eigenvalue weighted by Gasteiger charge is 2.51. The summed E-state index contributed by atoms with van der Waals surface area (Å²) < 4.78 is 5.58. The third-order valence-electron chi connectivity index (χ3n) is 6.55. The first kappa shape index (κ1) is 21.9. The Morgan fingerprint density at radius 2 is 1.53 bits per heavy atom. The minimum absolute atomic E-state index is 0.543. The molecule has 0 aliphatic heterocycles. The first-order valence-electron chi connectivity index (χ1n) is 11.3. The molecule has 3 aromatic carbocycles. The van der Waals surface area contributed by atoms with E-state index in [4.69, 9.17) is 4.52 Å². The fraction of sp³-hybridized carbons (Fsp3) is 0.172. The van der Waals surface area contributed by atoms with Crippen LogP contribution in [-0.4, -0.2) is 21.3 Å². The maximum absolute atomic E-state index is 11.6. The molecule has 1 heterocycles. The Labute approximate surface area is 198 Å². The quantitative estimate of drug-likeness (QED) is 0.351. The number of carboxylic acids is 1. The van der Waals surface area contributed by atoms with Crippen LogP contribution in [0.15, 0.2) is 89.5 Å². The van der Waals surface area contributed by atoms with E-state index >= 15 is 0 Å². The smallest absolute Gasteiger partial charge is 0.314 e. The monoisotopic (exact) mass is 451 g/mol. The van der Waals surface area contributed by atoms with Crippen LogP contribution in [0.1, 0.15) is 41.3 Å². The summed E-state index contributed by atoms with van der Waals surface area (Å²) in [5.41, 5.74) is 5.31. The number of aromatic nitrogens is 1. The Balaban J connectivity index is 1.37. The lowest BCUT2D eigenvalue weighted by atomic mass is 9.93. The first-order chi connectivity index (χ1) is 16.5. The summed E-state index contributed by atoms with van der Waals surface area (Å²) in [5.74, 6) is -0.203. The van der Waals surface area contributed by atoms with Crippen molar-refractivity contribution in [1.29, 1.82) is 0 Å². The van der Waals surface area contributed by atoms with Crippen molar-refractivity contribution in [3.05, 3.63) is 107 Å². The summed E-state index contributed by atoms with van der Waals surface area (Å²) in [5, 5.41) is 24.4. The largest absolute Gasteiger partial charge is 0.481 e. The lowest BCUT2D eigenvalue weighted by Gasteiger charge is -2.11. The maximum Gasteiger partial charge on any atom is 0.314 e. The van der Waals surface area contributed by atoms with Gasteiger partial charge in [0.15, 0.2) is 5.76 Å². The van der Waals surface area contributed by atoms with Crippen LogP contribution in [0.2, 0.25) is 0 Å². The molecule has 5 heteroatoms. The molecular weight excluding hydrogens is 426 g/mol. The second-order valence-corrected chi connectivity index (χ2v) is 8.77. The van der Waals surface area contributed by atoms with Gasteiger partial charge >= 0.3 is 5.97 Å². The zero-order valence-corrected chi connectivity index (χ0v) is 18.8. The molecule has 1 aliphatic carbocycles. The standard InChI is InChI=1S/C29H25NO4/c1-19-26(25(31)16-7-20-5-3-2-4-6-20)27(34-30-19)23-10-8-21(9-11-23)22-12-14-24(15-13-22)29(17-18-29)28(32)33/h2-16,25,31H,17-18H2,1H3,(H,32,33). The number of nitrogens with zero attached hydrogens (tertiary/aromatic N) is 1. The molecule has 0 amide bonds. The van der Waals surface area contributed by atoms with Gasteiger partial charge in [0.2, 0.25) is 0 Å². The van der Waals surface area contributed by atoms with Gasteiger partial charge in [0, 0.05) is 5.56 Å². The number of carbonyl (C=O) groups is 1. The fourth-order valence-corrected chi connectivity index (χ4v) is 4.34. The molecule has 1 fully saturated rings. The highest BCUT2D eigenvalue weighted by Crippen LogP contribution is 2.48. The van der Waals surface area contributed by atoms with Crippen molar-refractivity contribution in [2.45, 2.75) is 31.3 Å². The second-order valence-electron chi connectivity index (χ2n) is 8.77. The van der Waals surface area contributed by atoms with E-state index in [2.05, 4.69) is 5.16 Å². The van der Waals surface area contributed by atoms with E-state index in [1.807, 2.05) is 91.9 Å². The minimum atomic E-state index is -0.849. The van der Waals surface area contributed by atoms with Crippen molar-refractivity contribution in [2.24, 2.45) is 0 Å². The van der Waals surface area contributed by atoms with Crippen LogP contribution < -0.4 is 0 Å². The van der Waals surface area contributed by atoms with Gasteiger partial charge in [-0.25, -0.2) is 0 Å². The zero-order chi connectivity index (χ0) is 23.7. The molecule has 170 valence electrons. The molecule has 4 aromatic rings. The predicted molar refractivity (Wildman–Crippen MR) is 131 cm³/mol. The van der Waals surface area contributed by atoms with E-state index in [0.29, 0.717) is 29.9 Å². The van der Waals surface area contributed by atoms with Crippen LogP contribution in [-0.2, 0) is 10.2 Å². The van der Waals surface area contributed by atoms with Gasteiger partial charge in [-0.15, -0.1) is 0 Å². The van der Waals surface area contributed by atoms with Crippen LogP contribution in [0.4, 0.5) is 0 Å². The van der Waals surface area contributed by atoms with E-state index in [9.17, 15) is 15.0 Å². The predicted octanol–water partition coefficient (Wildman–Crippen LogP) is 6.18. The summed E-state index contributed by atoms with van der Waals surface area (Å²) in [6.45, 7) is 1.82. The molecule has 1 unspecified atom stereocenters. The van der Waals surface area contributed by atoms with Crippen molar-refractivity contribution < 1.29 is 19.5 Å². The summed E-state index contributed by atoms with van der Waals surface area (Å²) in [7, 11) is 0. The van der Waals surface area contributed by atoms with E-state index in [0.717, 1.165) is 27.8 Å². The van der Waals surface area contributed by atoms with Crippen molar-refractivity contribution in [3.63, 3.8) is 0 Å². The normalized spacial score (nSPS) is 15.4. The number of aryl methyl sites for hydroxylation is 1. The Morgan fingerprint density at radius 3 is 2.12 bits per heavy atom. The molecule has 0 spiro atoms. The van der Waals surface area contributed by atoms with Crippen molar-refractivity contribution in [3.8, 4) is 22.5 Å². The molecule has 2 N–H and O–H groups in total. The van der Waals surface area contributed by atoms with Crippen molar-refractivity contribution in [2.75, 3.05) is 0 Å². The van der Waals surface area contributed by atoms with E-state index < -0.39 is 17.5 Å². The zero-order valence-electron chi connectivity index (χ0n) is 18.8. The average molecular weight is 452 g/mol.